The molecule has 0 bridgehead atoms. The molecule has 5 nitrogen and oxygen atoms in total. The van der Waals surface area contributed by atoms with E-state index in [0.717, 1.165) is 41.4 Å². The number of benzene rings is 2. The fourth-order valence-corrected chi connectivity index (χ4v) is 3.72. The van der Waals surface area contributed by atoms with Gasteiger partial charge in [0.2, 0.25) is 5.91 Å². The third kappa shape index (κ3) is 4.93. The summed E-state index contributed by atoms with van der Waals surface area (Å²) in [5.74, 6) is 0.841. The Kier molecular flexibility index (Phi) is 6.06. The van der Waals surface area contributed by atoms with Gasteiger partial charge in [-0.05, 0) is 55.2 Å². The summed E-state index contributed by atoms with van der Waals surface area (Å²) in [5, 5.41) is 12.3. The number of aromatic nitrogens is 2. The van der Waals surface area contributed by atoms with Crippen molar-refractivity contribution in [1.82, 2.24) is 10.2 Å². The smallest absolute Gasteiger partial charge is 0.228 e. The molecular formula is C23H23ClN4O. The van der Waals surface area contributed by atoms with E-state index < -0.39 is 0 Å². The molecule has 1 aliphatic rings. The zero-order chi connectivity index (χ0) is 20.1. The van der Waals surface area contributed by atoms with Gasteiger partial charge in [-0.3, -0.25) is 4.79 Å². The quantitative estimate of drug-likeness (QED) is 0.650. The van der Waals surface area contributed by atoms with Crippen LogP contribution in [0.4, 0.5) is 11.5 Å². The second-order valence-corrected chi connectivity index (χ2v) is 7.63. The van der Waals surface area contributed by atoms with Crippen LogP contribution in [-0.4, -0.2) is 29.2 Å². The number of carbonyl (C=O) groups is 1. The molecular weight excluding hydrogens is 384 g/mol. The van der Waals surface area contributed by atoms with Gasteiger partial charge in [-0.25, -0.2) is 0 Å². The Hall–Kier alpha value is -2.92. The molecule has 4 rings (SSSR count). The van der Waals surface area contributed by atoms with Crippen LogP contribution in [-0.2, 0) is 11.2 Å². The summed E-state index contributed by atoms with van der Waals surface area (Å²) in [4.78, 5) is 14.6. The van der Waals surface area contributed by atoms with E-state index in [1.54, 1.807) is 6.07 Å². The number of nitrogens with one attached hydrogen (secondary N) is 1. The molecule has 1 aromatic heterocycles. The first-order chi connectivity index (χ1) is 14.2. The van der Waals surface area contributed by atoms with E-state index >= 15 is 0 Å². The molecule has 2 heterocycles. The predicted molar refractivity (Wildman–Crippen MR) is 117 cm³/mol. The number of rotatable bonds is 5. The monoisotopic (exact) mass is 406 g/mol. The van der Waals surface area contributed by atoms with Crippen molar-refractivity contribution in [2.75, 3.05) is 23.3 Å². The molecule has 0 radical (unpaired) electrons. The minimum atomic E-state index is -0.100. The molecule has 1 amide bonds. The summed E-state index contributed by atoms with van der Waals surface area (Å²) in [6.45, 7) is 2.10. The van der Waals surface area contributed by atoms with E-state index in [1.165, 1.54) is 19.3 Å². The summed E-state index contributed by atoms with van der Waals surface area (Å²) in [6, 6.07) is 19.0. The lowest BCUT2D eigenvalue weighted by Gasteiger charge is -2.27. The first kappa shape index (κ1) is 19.4. The summed E-state index contributed by atoms with van der Waals surface area (Å²) in [5.41, 5.74) is 3.34. The minimum absolute atomic E-state index is 0.100. The maximum atomic E-state index is 12.3. The molecule has 0 saturated carbocycles. The van der Waals surface area contributed by atoms with Crippen LogP contribution in [0.2, 0.25) is 5.02 Å². The molecule has 29 heavy (non-hydrogen) atoms. The fourth-order valence-electron chi connectivity index (χ4n) is 3.52. The molecule has 1 saturated heterocycles. The standard InChI is InChI=1S/C23H23ClN4O/c24-20-7-3-2-6-18(20)16-23(29)25-19-10-8-17(9-11-19)21-12-13-22(27-26-21)28-14-4-1-5-15-28/h2-3,6-13H,1,4-5,14-16H2,(H,25,29). The Balaban J connectivity index is 1.38. The Bertz CT molecular complexity index is 967. The number of nitrogens with zero attached hydrogens (tertiary/aromatic N) is 3. The van der Waals surface area contributed by atoms with Crippen molar-refractivity contribution in [1.29, 1.82) is 0 Å². The fraction of sp³-hybridized carbons (Fsp3) is 0.261. The average molecular weight is 407 g/mol. The van der Waals surface area contributed by atoms with E-state index in [4.69, 9.17) is 11.6 Å². The molecule has 148 valence electrons. The normalized spacial score (nSPS) is 13.9. The van der Waals surface area contributed by atoms with Gasteiger partial charge in [-0.2, -0.15) is 0 Å². The van der Waals surface area contributed by atoms with Gasteiger partial charge in [-0.15, -0.1) is 10.2 Å². The van der Waals surface area contributed by atoms with Gasteiger partial charge in [-0.1, -0.05) is 41.9 Å². The third-order valence-corrected chi connectivity index (χ3v) is 5.47. The van der Waals surface area contributed by atoms with Crippen molar-refractivity contribution in [3.8, 4) is 11.3 Å². The van der Waals surface area contributed by atoms with Crippen LogP contribution < -0.4 is 10.2 Å². The number of piperidine rings is 1. The van der Waals surface area contributed by atoms with Crippen molar-refractivity contribution >= 4 is 29.0 Å². The summed E-state index contributed by atoms with van der Waals surface area (Å²) >= 11 is 6.12. The third-order valence-electron chi connectivity index (χ3n) is 5.10. The molecule has 6 heteroatoms. The molecule has 0 aliphatic carbocycles. The molecule has 1 fully saturated rings. The van der Waals surface area contributed by atoms with Crippen LogP contribution in [0.15, 0.2) is 60.7 Å². The Labute approximate surface area is 175 Å². The highest BCUT2D eigenvalue weighted by Crippen LogP contribution is 2.23. The largest absolute Gasteiger partial charge is 0.355 e. The van der Waals surface area contributed by atoms with Crippen molar-refractivity contribution in [3.05, 3.63) is 71.2 Å². The van der Waals surface area contributed by atoms with Crippen LogP contribution >= 0.6 is 11.6 Å². The number of amides is 1. The Morgan fingerprint density at radius 2 is 1.69 bits per heavy atom. The van der Waals surface area contributed by atoms with E-state index in [0.29, 0.717) is 5.02 Å². The first-order valence-electron chi connectivity index (χ1n) is 9.91. The number of carbonyl (C=O) groups excluding carboxylic acids is 1. The summed E-state index contributed by atoms with van der Waals surface area (Å²) in [6.07, 6.45) is 3.97. The lowest BCUT2D eigenvalue weighted by Crippen LogP contribution is -2.30. The van der Waals surface area contributed by atoms with Crippen LogP contribution in [0, 0.1) is 0 Å². The predicted octanol–water partition coefficient (Wildman–Crippen LogP) is 4.97. The maximum absolute atomic E-state index is 12.3. The second kappa shape index (κ2) is 9.05. The minimum Gasteiger partial charge on any atom is -0.355 e. The van der Waals surface area contributed by atoms with Gasteiger partial charge >= 0.3 is 0 Å². The Morgan fingerprint density at radius 3 is 2.38 bits per heavy atom. The molecule has 1 N–H and O–H groups in total. The average Bonchev–Trinajstić information content (AvgIpc) is 2.77. The van der Waals surface area contributed by atoms with E-state index in [1.807, 2.05) is 54.6 Å². The summed E-state index contributed by atoms with van der Waals surface area (Å²) < 4.78 is 0. The highest BCUT2D eigenvalue weighted by molar-refractivity contribution is 6.31. The van der Waals surface area contributed by atoms with Gasteiger partial charge in [0.25, 0.3) is 0 Å². The molecule has 0 unspecified atom stereocenters. The van der Waals surface area contributed by atoms with Crippen LogP contribution in [0.5, 0.6) is 0 Å². The number of halogens is 1. The van der Waals surface area contributed by atoms with Crippen molar-refractivity contribution in [3.63, 3.8) is 0 Å². The van der Waals surface area contributed by atoms with Gasteiger partial charge in [0.05, 0.1) is 12.1 Å². The second-order valence-electron chi connectivity index (χ2n) is 7.22. The number of hydrogen-bond donors (Lipinski definition) is 1. The van der Waals surface area contributed by atoms with Crippen molar-refractivity contribution < 1.29 is 4.79 Å². The van der Waals surface area contributed by atoms with Crippen molar-refractivity contribution in [2.24, 2.45) is 0 Å². The highest BCUT2D eigenvalue weighted by Gasteiger charge is 2.13. The van der Waals surface area contributed by atoms with E-state index in [-0.39, 0.29) is 12.3 Å². The number of anilines is 2. The molecule has 2 aromatic carbocycles. The maximum Gasteiger partial charge on any atom is 0.228 e. The van der Waals surface area contributed by atoms with Crippen LogP contribution in [0.1, 0.15) is 24.8 Å². The highest BCUT2D eigenvalue weighted by atomic mass is 35.5. The SMILES string of the molecule is O=C(Cc1ccccc1Cl)Nc1ccc(-c2ccc(N3CCCCC3)nn2)cc1. The topological polar surface area (TPSA) is 58.1 Å². The van der Waals surface area contributed by atoms with Gasteiger partial charge in [0.15, 0.2) is 5.82 Å². The van der Waals surface area contributed by atoms with Gasteiger partial charge < -0.3 is 10.2 Å². The van der Waals surface area contributed by atoms with E-state index in [9.17, 15) is 4.79 Å². The lowest BCUT2D eigenvalue weighted by molar-refractivity contribution is -0.115. The van der Waals surface area contributed by atoms with Gasteiger partial charge in [0, 0.05) is 29.4 Å². The summed E-state index contributed by atoms with van der Waals surface area (Å²) in [7, 11) is 0. The first-order valence-corrected chi connectivity index (χ1v) is 10.3. The zero-order valence-electron chi connectivity index (χ0n) is 16.1. The molecule has 1 aliphatic heterocycles. The zero-order valence-corrected chi connectivity index (χ0v) is 16.9. The van der Waals surface area contributed by atoms with Crippen molar-refractivity contribution in [2.45, 2.75) is 25.7 Å². The van der Waals surface area contributed by atoms with Gasteiger partial charge in [0.1, 0.15) is 0 Å². The Morgan fingerprint density at radius 1 is 0.931 bits per heavy atom. The molecule has 0 spiro atoms. The molecule has 3 aromatic rings. The van der Waals surface area contributed by atoms with Crippen LogP contribution in [0.25, 0.3) is 11.3 Å². The van der Waals surface area contributed by atoms with Crippen LogP contribution in [0.3, 0.4) is 0 Å². The van der Waals surface area contributed by atoms with E-state index in [2.05, 4.69) is 20.4 Å². The number of hydrogen-bond acceptors (Lipinski definition) is 4. The lowest BCUT2D eigenvalue weighted by atomic mass is 10.1. The molecule has 0 atom stereocenters.